The van der Waals surface area contributed by atoms with Gasteiger partial charge in [0.15, 0.2) is 0 Å². The number of para-hydroxylation sites is 1. The molecule has 0 aliphatic carbocycles. The van der Waals surface area contributed by atoms with Crippen LogP contribution >= 0.6 is 15.9 Å². The molecule has 0 amide bonds. The monoisotopic (exact) mass is 394 g/mol. The number of rotatable bonds is 2. The lowest BCUT2D eigenvalue weighted by atomic mass is 10.1. The molecule has 0 saturated carbocycles. The van der Waals surface area contributed by atoms with E-state index in [1.807, 2.05) is 0 Å². The number of nitrogens with one attached hydrogen (secondary N) is 1. The molecule has 118 valence electrons. The van der Waals surface area contributed by atoms with Gasteiger partial charge in [0, 0.05) is 10.0 Å². The van der Waals surface area contributed by atoms with E-state index in [9.17, 15) is 12.8 Å². The van der Waals surface area contributed by atoms with Crippen LogP contribution in [-0.4, -0.2) is 14.3 Å². The summed E-state index contributed by atoms with van der Waals surface area (Å²) in [6, 6.07) is 13.0. The molecular weight excluding hydrogens is 383 g/mol. The SMILES string of the molecule is CC1=C(c2cccc(Br)c2)S(=O)(=O)N=C1Nc1ccccc1F. The second-order valence-corrected chi connectivity index (χ2v) is 7.44. The zero-order valence-corrected chi connectivity index (χ0v) is 14.4. The average Bonchev–Trinajstić information content (AvgIpc) is 2.70. The second-order valence-electron chi connectivity index (χ2n) is 4.98. The third-order valence-corrected chi connectivity index (χ3v) is 5.35. The molecule has 1 aliphatic rings. The van der Waals surface area contributed by atoms with Gasteiger partial charge in [0.05, 0.1) is 5.69 Å². The molecule has 0 unspecified atom stereocenters. The van der Waals surface area contributed by atoms with Crippen molar-refractivity contribution in [2.45, 2.75) is 6.92 Å². The fourth-order valence-electron chi connectivity index (χ4n) is 2.34. The van der Waals surface area contributed by atoms with Crippen molar-refractivity contribution in [1.29, 1.82) is 0 Å². The van der Waals surface area contributed by atoms with Gasteiger partial charge in [-0.15, -0.1) is 4.40 Å². The van der Waals surface area contributed by atoms with E-state index >= 15 is 0 Å². The molecule has 2 aromatic rings. The Labute approximate surface area is 141 Å². The number of benzene rings is 2. The molecule has 23 heavy (non-hydrogen) atoms. The molecule has 0 aromatic heterocycles. The van der Waals surface area contributed by atoms with Gasteiger partial charge >= 0.3 is 0 Å². The lowest BCUT2D eigenvalue weighted by molar-refractivity contribution is 0.608. The number of sulfonamides is 1. The lowest BCUT2D eigenvalue weighted by Gasteiger charge is -2.08. The third-order valence-electron chi connectivity index (χ3n) is 3.38. The van der Waals surface area contributed by atoms with Crippen molar-refractivity contribution in [3.63, 3.8) is 0 Å². The third kappa shape index (κ3) is 3.07. The van der Waals surface area contributed by atoms with Crippen LogP contribution in [0.5, 0.6) is 0 Å². The van der Waals surface area contributed by atoms with E-state index in [2.05, 4.69) is 25.6 Å². The standard InChI is InChI=1S/C16H12BrFN2O2S/c1-10-15(11-5-4-6-12(17)9-11)23(21,22)20-16(10)19-14-8-3-2-7-13(14)18/h2-9H,1H3,(H,19,20). The predicted octanol–water partition coefficient (Wildman–Crippen LogP) is 4.17. The summed E-state index contributed by atoms with van der Waals surface area (Å²) in [5, 5.41) is 2.76. The van der Waals surface area contributed by atoms with Gasteiger partial charge in [-0.05, 0) is 36.8 Å². The van der Waals surface area contributed by atoms with Crippen LogP contribution in [-0.2, 0) is 10.0 Å². The Bertz CT molecular complexity index is 952. The molecule has 0 fully saturated rings. The predicted molar refractivity (Wildman–Crippen MR) is 93.1 cm³/mol. The molecular formula is C16H12BrFN2O2S. The van der Waals surface area contributed by atoms with Gasteiger partial charge in [-0.2, -0.15) is 8.42 Å². The minimum atomic E-state index is -3.83. The lowest BCUT2D eigenvalue weighted by Crippen LogP contribution is -2.12. The largest absolute Gasteiger partial charge is 0.337 e. The van der Waals surface area contributed by atoms with E-state index in [1.54, 1.807) is 43.3 Å². The zero-order valence-electron chi connectivity index (χ0n) is 12.0. The highest BCUT2D eigenvalue weighted by molar-refractivity contribution is 9.10. The van der Waals surface area contributed by atoms with Crippen LogP contribution in [0.15, 0.2) is 63.0 Å². The van der Waals surface area contributed by atoms with Crippen molar-refractivity contribution in [3.8, 4) is 0 Å². The summed E-state index contributed by atoms with van der Waals surface area (Å²) in [7, 11) is -3.83. The van der Waals surface area contributed by atoms with Gasteiger partial charge in [-0.1, -0.05) is 40.2 Å². The van der Waals surface area contributed by atoms with Crippen molar-refractivity contribution in [3.05, 3.63) is 70.0 Å². The normalized spacial score (nSPS) is 16.4. The first-order valence-electron chi connectivity index (χ1n) is 6.72. The van der Waals surface area contributed by atoms with E-state index in [0.29, 0.717) is 11.1 Å². The van der Waals surface area contributed by atoms with E-state index in [-0.39, 0.29) is 16.4 Å². The zero-order chi connectivity index (χ0) is 16.6. The Hall–Kier alpha value is -1.99. The number of anilines is 1. The molecule has 1 heterocycles. The van der Waals surface area contributed by atoms with E-state index in [1.165, 1.54) is 12.1 Å². The van der Waals surface area contributed by atoms with Gasteiger partial charge in [0.1, 0.15) is 16.6 Å². The number of amidine groups is 1. The van der Waals surface area contributed by atoms with Crippen LogP contribution in [0.1, 0.15) is 12.5 Å². The van der Waals surface area contributed by atoms with Gasteiger partial charge in [0.2, 0.25) is 0 Å². The summed E-state index contributed by atoms with van der Waals surface area (Å²) < 4.78 is 43.0. The fraction of sp³-hybridized carbons (Fsp3) is 0.0625. The summed E-state index contributed by atoms with van der Waals surface area (Å²) in [5.41, 5.74) is 1.16. The Morgan fingerprint density at radius 3 is 2.57 bits per heavy atom. The quantitative estimate of drug-likeness (QED) is 0.831. The van der Waals surface area contributed by atoms with Crippen LogP contribution in [0, 0.1) is 5.82 Å². The number of nitrogens with zero attached hydrogens (tertiary/aromatic N) is 1. The van der Waals surface area contributed by atoms with Crippen LogP contribution in [0.2, 0.25) is 0 Å². The average molecular weight is 395 g/mol. The second kappa shape index (κ2) is 5.90. The smallest absolute Gasteiger partial charge is 0.285 e. The molecule has 0 radical (unpaired) electrons. The van der Waals surface area contributed by atoms with Crippen molar-refractivity contribution >= 4 is 42.4 Å². The number of hydrogen-bond donors (Lipinski definition) is 1. The molecule has 7 heteroatoms. The van der Waals surface area contributed by atoms with Crippen molar-refractivity contribution in [2.75, 3.05) is 5.32 Å². The summed E-state index contributed by atoms with van der Waals surface area (Å²) in [6.45, 7) is 1.65. The highest BCUT2D eigenvalue weighted by Crippen LogP contribution is 2.34. The molecule has 1 N–H and O–H groups in total. The highest BCUT2D eigenvalue weighted by Gasteiger charge is 2.31. The molecule has 0 spiro atoms. The van der Waals surface area contributed by atoms with Crippen molar-refractivity contribution in [1.82, 2.24) is 0 Å². The number of halogens is 2. The maximum absolute atomic E-state index is 13.7. The van der Waals surface area contributed by atoms with Gasteiger partial charge < -0.3 is 5.32 Å². The van der Waals surface area contributed by atoms with E-state index in [0.717, 1.165) is 4.47 Å². The maximum atomic E-state index is 13.7. The molecule has 3 rings (SSSR count). The summed E-state index contributed by atoms with van der Waals surface area (Å²) in [4.78, 5) is 0.123. The first-order chi connectivity index (χ1) is 10.9. The Kier molecular flexibility index (Phi) is 4.08. The molecule has 4 nitrogen and oxygen atoms in total. The van der Waals surface area contributed by atoms with E-state index in [4.69, 9.17) is 0 Å². The summed E-state index contributed by atoms with van der Waals surface area (Å²) >= 11 is 3.33. The first kappa shape index (κ1) is 15.9. The number of hydrogen-bond acceptors (Lipinski definition) is 3. The van der Waals surface area contributed by atoms with E-state index < -0.39 is 15.8 Å². The van der Waals surface area contributed by atoms with Crippen LogP contribution in [0.4, 0.5) is 10.1 Å². The summed E-state index contributed by atoms with van der Waals surface area (Å²) in [6.07, 6.45) is 0. The van der Waals surface area contributed by atoms with Gasteiger partial charge in [-0.3, -0.25) is 0 Å². The Morgan fingerprint density at radius 1 is 1.13 bits per heavy atom. The van der Waals surface area contributed by atoms with Gasteiger partial charge in [-0.25, -0.2) is 4.39 Å². The van der Waals surface area contributed by atoms with Crippen LogP contribution in [0.25, 0.3) is 4.91 Å². The molecule has 2 aromatic carbocycles. The molecule has 0 atom stereocenters. The topological polar surface area (TPSA) is 58.5 Å². The fourth-order valence-corrected chi connectivity index (χ4v) is 4.16. The minimum Gasteiger partial charge on any atom is -0.337 e. The summed E-state index contributed by atoms with van der Waals surface area (Å²) in [5.74, 6) is -0.346. The molecule has 1 aliphatic heterocycles. The Balaban J connectivity index is 2.06. The van der Waals surface area contributed by atoms with Crippen LogP contribution < -0.4 is 5.32 Å². The van der Waals surface area contributed by atoms with Crippen molar-refractivity contribution in [2.24, 2.45) is 4.40 Å². The van der Waals surface area contributed by atoms with Crippen LogP contribution in [0.3, 0.4) is 0 Å². The maximum Gasteiger partial charge on any atom is 0.285 e. The first-order valence-corrected chi connectivity index (χ1v) is 8.95. The van der Waals surface area contributed by atoms with Gasteiger partial charge in [0.25, 0.3) is 10.0 Å². The molecule has 0 saturated heterocycles. The Morgan fingerprint density at radius 2 is 1.87 bits per heavy atom. The van der Waals surface area contributed by atoms with Crippen molar-refractivity contribution < 1.29 is 12.8 Å². The minimum absolute atomic E-state index is 0.123. The molecule has 0 bridgehead atoms. The highest BCUT2D eigenvalue weighted by atomic mass is 79.9.